The van der Waals surface area contributed by atoms with Crippen LogP contribution >= 0.6 is 0 Å². The van der Waals surface area contributed by atoms with E-state index in [-0.39, 0.29) is 0 Å². The molecule has 19 heavy (non-hydrogen) atoms. The molecule has 3 rings (SSSR count). The summed E-state index contributed by atoms with van der Waals surface area (Å²) in [6.07, 6.45) is 7.17. The number of hydrogen-bond donors (Lipinski definition) is 1. The second-order valence-corrected chi connectivity index (χ2v) is 5.97. The molecule has 2 saturated heterocycles. The van der Waals surface area contributed by atoms with Crippen LogP contribution in [0.25, 0.3) is 0 Å². The van der Waals surface area contributed by atoms with E-state index < -0.39 is 0 Å². The van der Waals surface area contributed by atoms with Gasteiger partial charge in [-0.1, -0.05) is 0 Å². The zero-order valence-electron chi connectivity index (χ0n) is 12.0. The number of rotatable bonds is 2. The van der Waals surface area contributed by atoms with Crippen molar-refractivity contribution < 1.29 is 0 Å². The SMILES string of the molecule is Cc1cnc(C)c(N2CCCC(C3CCCN3)C2)n1. The van der Waals surface area contributed by atoms with Gasteiger partial charge in [0.05, 0.1) is 11.4 Å². The van der Waals surface area contributed by atoms with Crippen molar-refractivity contribution in [1.29, 1.82) is 0 Å². The Bertz CT molecular complexity index is 440. The van der Waals surface area contributed by atoms with Gasteiger partial charge in [0.15, 0.2) is 0 Å². The smallest absolute Gasteiger partial charge is 0.150 e. The van der Waals surface area contributed by atoms with Crippen molar-refractivity contribution in [3.63, 3.8) is 0 Å². The molecule has 0 spiro atoms. The lowest BCUT2D eigenvalue weighted by Gasteiger charge is -2.37. The predicted molar refractivity (Wildman–Crippen MR) is 77.5 cm³/mol. The van der Waals surface area contributed by atoms with Crippen LogP contribution in [0.4, 0.5) is 5.82 Å². The Morgan fingerprint density at radius 2 is 2.16 bits per heavy atom. The summed E-state index contributed by atoms with van der Waals surface area (Å²) in [7, 11) is 0. The summed E-state index contributed by atoms with van der Waals surface area (Å²) in [5, 5.41) is 3.66. The van der Waals surface area contributed by atoms with Gasteiger partial charge in [-0.15, -0.1) is 0 Å². The third-order valence-electron chi connectivity index (χ3n) is 4.48. The second kappa shape index (κ2) is 5.45. The minimum atomic E-state index is 0.723. The van der Waals surface area contributed by atoms with Crippen molar-refractivity contribution in [2.75, 3.05) is 24.5 Å². The summed E-state index contributed by atoms with van der Waals surface area (Å²) in [4.78, 5) is 11.6. The average molecular weight is 260 g/mol. The molecule has 104 valence electrons. The number of aryl methyl sites for hydroxylation is 2. The van der Waals surface area contributed by atoms with Crippen LogP contribution < -0.4 is 10.2 Å². The van der Waals surface area contributed by atoms with Crippen LogP contribution in [0, 0.1) is 19.8 Å². The normalized spacial score (nSPS) is 27.8. The Labute approximate surface area is 115 Å². The lowest BCUT2D eigenvalue weighted by Crippen LogP contribution is -2.44. The fourth-order valence-corrected chi connectivity index (χ4v) is 3.47. The Morgan fingerprint density at radius 3 is 2.95 bits per heavy atom. The summed E-state index contributed by atoms with van der Waals surface area (Å²) < 4.78 is 0. The molecule has 2 unspecified atom stereocenters. The highest BCUT2D eigenvalue weighted by atomic mass is 15.2. The molecule has 0 aromatic carbocycles. The van der Waals surface area contributed by atoms with Crippen LogP contribution in [-0.2, 0) is 0 Å². The summed E-state index contributed by atoms with van der Waals surface area (Å²) in [6, 6.07) is 0.723. The number of hydrogen-bond acceptors (Lipinski definition) is 4. The van der Waals surface area contributed by atoms with Gasteiger partial charge < -0.3 is 10.2 Å². The first kappa shape index (κ1) is 12.9. The standard InChI is InChI=1S/C15H24N4/c1-11-9-17-12(2)15(18-11)19-8-4-5-13(10-19)14-6-3-7-16-14/h9,13-14,16H,3-8,10H2,1-2H3. The molecule has 0 saturated carbocycles. The topological polar surface area (TPSA) is 41.1 Å². The van der Waals surface area contributed by atoms with Crippen molar-refractivity contribution in [3.8, 4) is 0 Å². The molecule has 1 aromatic heterocycles. The molecule has 1 N–H and O–H groups in total. The van der Waals surface area contributed by atoms with E-state index >= 15 is 0 Å². The lowest BCUT2D eigenvalue weighted by atomic mass is 9.90. The zero-order chi connectivity index (χ0) is 13.2. The number of nitrogens with one attached hydrogen (secondary N) is 1. The van der Waals surface area contributed by atoms with E-state index in [2.05, 4.69) is 22.1 Å². The second-order valence-electron chi connectivity index (χ2n) is 5.97. The molecule has 4 nitrogen and oxygen atoms in total. The van der Waals surface area contributed by atoms with Gasteiger partial charge in [-0.25, -0.2) is 4.98 Å². The van der Waals surface area contributed by atoms with Crippen molar-refractivity contribution >= 4 is 5.82 Å². The first-order valence-electron chi connectivity index (χ1n) is 7.52. The maximum Gasteiger partial charge on any atom is 0.150 e. The van der Waals surface area contributed by atoms with Crippen LogP contribution in [-0.4, -0.2) is 35.6 Å². The molecule has 2 atom stereocenters. The van der Waals surface area contributed by atoms with Gasteiger partial charge in [-0.05, 0) is 52.0 Å². The van der Waals surface area contributed by atoms with E-state index in [9.17, 15) is 0 Å². The van der Waals surface area contributed by atoms with Gasteiger partial charge in [0.25, 0.3) is 0 Å². The Kier molecular flexibility index (Phi) is 3.69. The number of aromatic nitrogens is 2. The van der Waals surface area contributed by atoms with Crippen molar-refractivity contribution in [1.82, 2.24) is 15.3 Å². The molecule has 2 aliphatic rings. The van der Waals surface area contributed by atoms with Crippen LogP contribution in [0.5, 0.6) is 0 Å². The maximum atomic E-state index is 4.70. The minimum absolute atomic E-state index is 0.723. The molecular formula is C15H24N4. The molecule has 4 heteroatoms. The van der Waals surface area contributed by atoms with Gasteiger partial charge >= 0.3 is 0 Å². The Balaban J connectivity index is 1.75. The number of piperidine rings is 1. The molecular weight excluding hydrogens is 236 g/mol. The fourth-order valence-electron chi connectivity index (χ4n) is 3.47. The minimum Gasteiger partial charge on any atom is -0.355 e. The first-order valence-corrected chi connectivity index (χ1v) is 7.52. The largest absolute Gasteiger partial charge is 0.355 e. The van der Waals surface area contributed by atoms with Crippen molar-refractivity contribution in [2.45, 2.75) is 45.6 Å². The molecule has 0 radical (unpaired) electrons. The van der Waals surface area contributed by atoms with Crippen LogP contribution in [0.3, 0.4) is 0 Å². The number of anilines is 1. The highest BCUT2D eigenvalue weighted by Crippen LogP contribution is 2.28. The van der Waals surface area contributed by atoms with E-state index in [4.69, 9.17) is 4.98 Å². The van der Waals surface area contributed by atoms with Crippen LogP contribution in [0.2, 0.25) is 0 Å². The first-order chi connectivity index (χ1) is 9.24. The van der Waals surface area contributed by atoms with E-state index in [0.29, 0.717) is 0 Å². The van der Waals surface area contributed by atoms with E-state index in [1.165, 1.54) is 32.2 Å². The molecule has 2 fully saturated rings. The Morgan fingerprint density at radius 1 is 1.26 bits per heavy atom. The van der Waals surface area contributed by atoms with Crippen LogP contribution in [0.1, 0.15) is 37.1 Å². The van der Waals surface area contributed by atoms with Gasteiger partial charge in [0, 0.05) is 25.3 Å². The van der Waals surface area contributed by atoms with E-state index in [1.807, 2.05) is 13.1 Å². The monoisotopic (exact) mass is 260 g/mol. The van der Waals surface area contributed by atoms with Gasteiger partial charge in [0.1, 0.15) is 5.82 Å². The third kappa shape index (κ3) is 2.73. The summed E-state index contributed by atoms with van der Waals surface area (Å²) in [5.74, 6) is 1.88. The van der Waals surface area contributed by atoms with Crippen molar-refractivity contribution in [2.24, 2.45) is 5.92 Å². The highest BCUT2D eigenvalue weighted by molar-refractivity contribution is 5.43. The third-order valence-corrected chi connectivity index (χ3v) is 4.48. The lowest BCUT2D eigenvalue weighted by molar-refractivity contribution is 0.327. The van der Waals surface area contributed by atoms with Gasteiger partial charge in [-0.2, -0.15) is 0 Å². The molecule has 0 bridgehead atoms. The van der Waals surface area contributed by atoms with Crippen molar-refractivity contribution in [3.05, 3.63) is 17.6 Å². The van der Waals surface area contributed by atoms with Crippen LogP contribution in [0.15, 0.2) is 6.20 Å². The highest BCUT2D eigenvalue weighted by Gasteiger charge is 2.30. The maximum absolute atomic E-state index is 4.70. The van der Waals surface area contributed by atoms with Gasteiger partial charge in [0.2, 0.25) is 0 Å². The summed E-state index contributed by atoms with van der Waals surface area (Å²) in [5.41, 5.74) is 2.08. The average Bonchev–Trinajstić information content (AvgIpc) is 2.96. The molecule has 0 aliphatic carbocycles. The molecule has 1 aromatic rings. The summed E-state index contributed by atoms with van der Waals surface area (Å²) in [6.45, 7) is 7.55. The van der Waals surface area contributed by atoms with E-state index in [1.54, 1.807) is 0 Å². The molecule has 0 amide bonds. The predicted octanol–water partition coefficient (Wildman–Crippen LogP) is 2.06. The fraction of sp³-hybridized carbons (Fsp3) is 0.733. The zero-order valence-corrected chi connectivity index (χ0v) is 12.0. The van der Waals surface area contributed by atoms with E-state index in [0.717, 1.165) is 42.3 Å². The molecule has 2 aliphatic heterocycles. The number of nitrogens with zero attached hydrogens (tertiary/aromatic N) is 3. The quantitative estimate of drug-likeness (QED) is 0.884. The summed E-state index contributed by atoms with van der Waals surface area (Å²) >= 11 is 0. The van der Waals surface area contributed by atoms with Gasteiger partial charge in [-0.3, -0.25) is 4.98 Å². The Hall–Kier alpha value is -1.16. The molecule has 3 heterocycles.